The van der Waals surface area contributed by atoms with Crippen LogP contribution >= 0.6 is 0 Å². The van der Waals surface area contributed by atoms with Crippen LogP contribution in [-0.2, 0) is 6.54 Å². The Hall–Kier alpha value is -1.10. The van der Waals surface area contributed by atoms with Gasteiger partial charge < -0.3 is 15.4 Å². The average Bonchev–Trinajstić information content (AvgIpc) is 2.53. The Balaban J connectivity index is 1.84. The van der Waals surface area contributed by atoms with E-state index in [9.17, 15) is 0 Å². The summed E-state index contributed by atoms with van der Waals surface area (Å²) in [6, 6.07) is 8.45. The molecule has 1 heterocycles. The van der Waals surface area contributed by atoms with Gasteiger partial charge in [-0.05, 0) is 31.5 Å². The molecular weight excluding hydrogens is 274 g/mol. The largest absolute Gasteiger partial charge is 0.493 e. The predicted molar refractivity (Wildman–Crippen MR) is 92.2 cm³/mol. The fraction of sp³-hybridized carbons (Fsp3) is 0.667. The molecule has 22 heavy (non-hydrogen) atoms. The Morgan fingerprint density at radius 1 is 1.09 bits per heavy atom. The van der Waals surface area contributed by atoms with Crippen LogP contribution in [0, 0.1) is 5.92 Å². The summed E-state index contributed by atoms with van der Waals surface area (Å²) >= 11 is 0. The highest BCUT2D eigenvalue weighted by atomic mass is 16.5. The molecule has 2 N–H and O–H groups in total. The molecule has 0 saturated carbocycles. The van der Waals surface area contributed by atoms with Crippen molar-refractivity contribution in [3.63, 3.8) is 0 Å². The van der Waals surface area contributed by atoms with E-state index in [0.29, 0.717) is 5.92 Å². The zero-order valence-electron chi connectivity index (χ0n) is 14.1. The second-order valence-corrected chi connectivity index (χ2v) is 6.57. The maximum absolute atomic E-state index is 5.96. The fourth-order valence-electron chi connectivity index (χ4n) is 2.76. The Morgan fingerprint density at radius 3 is 2.45 bits per heavy atom. The number of ether oxygens (including phenoxy) is 1. The molecule has 2 rings (SSSR count). The van der Waals surface area contributed by atoms with Gasteiger partial charge in [-0.25, -0.2) is 0 Å². The van der Waals surface area contributed by atoms with Crippen molar-refractivity contribution in [2.45, 2.75) is 26.8 Å². The van der Waals surface area contributed by atoms with Gasteiger partial charge in [0.05, 0.1) is 6.61 Å². The molecule has 1 fully saturated rings. The van der Waals surface area contributed by atoms with Gasteiger partial charge in [0.25, 0.3) is 0 Å². The Kier molecular flexibility index (Phi) is 7.16. The lowest BCUT2D eigenvalue weighted by molar-refractivity contribution is 0.125. The molecule has 1 aromatic carbocycles. The zero-order valence-corrected chi connectivity index (χ0v) is 14.1. The van der Waals surface area contributed by atoms with Gasteiger partial charge in [0.2, 0.25) is 0 Å². The Labute approximate surface area is 135 Å². The topological polar surface area (TPSA) is 41.7 Å². The van der Waals surface area contributed by atoms with Crippen LogP contribution in [0.4, 0.5) is 0 Å². The summed E-state index contributed by atoms with van der Waals surface area (Å²) < 4.78 is 5.96. The Morgan fingerprint density at radius 2 is 1.77 bits per heavy atom. The molecule has 0 amide bonds. The van der Waals surface area contributed by atoms with Gasteiger partial charge >= 0.3 is 0 Å². The summed E-state index contributed by atoms with van der Waals surface area (Å²) in [7, 11) is 0. The highest BCUT2D eigenvalue weighted by Gasteiger charge is 2.17. The Bertz CT molecular complexity index is 428. The molecule has 0 aliphatic carbocycles. The minimum absolute atomic E-state index is 0.555. The summed E-state index contributed by atoms with van der Waals surface area (Å²) in [5.41, 5.74) is 6.89. The van der Waals surface area contributed by atoms with Gasteiger partial charge in [0.1, 0.15) is 5.75 Å². The van der Waals surface area contributed by atoms with Crippen LogP contribution in [-0.4, -0.2) is 55.7 Å². The first-order valence-corrected chi connectivity index (χ1v) is 8.54. The van der Waals surface area contributed by atoms with Gasteiger partial charge in [-0.2, -0.15) is 0 Å². The molecule has 1 aliphatic heterocycles. The number of hydrogen-bond acceptors (Lipinski definition) is 4. The normalized spacial score (nSPS) is 17.1. The third-order valence-corrected chi connectivity index (χ3v) is 4.08. The minimum Gasteiger partial charge on any atom is -0.493 e. The van der Waals surface area contributed by atoms with E-state index >= 15 is 0 Å². The fourth-order valence-corrected chi connectivity index (χ4v) is 2.76. The van der Waals surface area contributed by atoms with Crippen molar-refractivity contribution in [2.24, 2.45) is 11.7 Å². The van der Waals surface area contributed by atoms with E-state index in [0.717, 1.165) is 64.6 Å². The first-order valence-electron chi connectivity index (χ1n) is 8.54. The molecular formula is C18H31N3O. The van der Waals surface area contributed by atoms with E-state index in [1.807, 2.05) is 0 Å². The van der Waals surface area contributed by atoms with E-state index in [-0.39, 0.29) is 0 Å². The van der Waals surface area contributed by atoms with Gasteiger partial charge in [-0.1, -0.05) is 32.0 Å². The lowest BCUT2D eigenvalue weighted by atomic mass is 10.1. The highest BCUT2D eigenvalue weighted by molar-refractivity contribution is 5.33. The summed E-state index contributed by atoms with van der Waals surface area (Å²) in [6.07, 6.45) is 1.10. The summed E-state index contributed by atoms with van der Waals surface area (Å²) in [5.74, 6) is 1.60. The maximum Gasteiger partial charge on any atom is 0.123 e. The third-order valence-electron chi connectivity index (χ3n) is 4.08. The first kappa shape index (κ1) is 17.3. The van der Waals surface area contributed by atoms with E-state index in [2.05, 4.69) is 47.9 Å². The van der Waals surface area contributed by atoms with Crippen LogP contribution in [0.1, 0.15) is 25.8 Å². The number of hydrogen-bond donors (Lipinski definition) is 1. The SMILES string of the molecule is CC(C)COc1ccccc1CN1CCN(CCCN)CC1. The van der Waals surface area contributed by atoms with Crippen LogP contribution in [0.3, 0.4) is 0 Å². The van der Waals surface area contributed by atoms with Crippen LogP contribution in [0.15, 0.2) is 24.3 Å². The van der Waals surface area contributed by atoms with Crippen LogP contribution < -0.4 is 10.5 Å². The van der Waals surface area contributed by atoms with Crippen molar-refractivity contribution >= 4 is 0 Å². The molecule has 1 aliphatic rings. The summed E-state index contributed by atoms with van der Waals surface area (Å²) in [4.78, 5) is 5.04. The van der Waals surface area contributed by atoms with E-state index < -0.39 is 0 Å². The molecule has 0 aromatic heterocycles. The molecule has 0 radical (unpaired) electrons. The smallest absolute Gasteiger partial charge is 0.123 e. The number of piperazine rings is 1. The van der Waals surface area contributed by atoms with E-state index in [1.165, 1.54) is 5.56 Å². The molecule has 1 aromatic rings. The number of rotatable bonds is 8. The summed E-state index contributed by atoms with van der Waals surface area (Å²) in [5, 5.41) is 0. The van der Waals surface area contributed by atoms with E-state index in [4.69, 9.17) is 10.5 Å². The zero-order chi connectivity index (χ0) is 15.8. The van der Waals surface area contributed by atoms with E-state index in [1.54, 1.807) is 0 Å². The van der Waals surface area contributed by atoms with Crippen molar-refractivity contribution in [3.8, 4) is 5.75 Å². The van der Waals surface area contributed by atoms with Gasteiger partial charge in [0, 0.05) is 38.3 Å². The number of benzene rings is 1. The quantitative estimate of drug-likeness (QED) is 0.799. The highest BCUT2D eigenvalue weighted by Crippen LogP contribution is 2.21. The minimum atomic E-state index is 0.555. The molecule has 0 atom stereocenters. The average molecular weight is 305 g/mol. The lowest BCUT2D eigenvalue weighted by Gasteiger charge is -2.34. The molecule has 0 unspecified atom stereocenters. The van der Waals surface area contributed by atoms with Crippen molar-refractivity contribution in [2.75, 3.05) is 45.9 Å². The van der Waals surface area contributed by atoms with Crippen LogP contribution in [0.25, 0.3) is 0 Å². The molecule has 1 saturated heterocycles. The number of nitrogens with zero attached hydrogens (tertiary/aromatic N) is 2. The third kappa shape index (κ3) is 5.59. The maximum atomic E-state index is 5.96. The first-order chi connectivity index (χ1) is 10.7. The second kappa shape index (κ2) is 9.13. The van der Waals surface area contributed by atoms with Crippen molar-refractivity contribution < 1.29 is 4.74 Å². The molecule has 0 spiro atoms. The number of nitrogens with two attached hydrogens (primary N) is 1. The molecule has 124 valence electrons. The summed E-state index contributed by atoms with van der Waals surface area (Å²) in [6.45, 7) is 12.6. The standard InChI is InChI=1S/C18H31N3O/c1-16(2)15-22-18-7-4-3-6-17(18)14-21-12-10-20(11-13-21)9-5-8-19/h3-4,6-7,16H,5,8-15,19H2,1-2H3. The van der Waals surface area contributed by atoms with Crippen molar-refractivity contribution in [3.05, 3.63) is 29.8 Å². The molecule has 4 heteroatoms. The van der Waals surface area contributed by atoms with Gasteiger partial charge in [-0.15, -0.1) is 0 Å². The monoisotopic (exact) mass is 305 g/mol. The van der Waals surface area contributed by atoms with Crippen LogP contribution in [0.5, 0.6) is 5.75 Å². The van der Waals surface area contributed by atoms with Crippen LogP contribution in [0.2, 0.25) is 0 Å². The molecule has 4 nitrogen and oxygen atoms in total. The predicted octanol–water partition coefficient (Wildman–Crippen LogP) is 2.19. The molecule has 0 bridgehead atoms. The number of para-hydroxylation sites is 1. The van der Waals surface area contributed by atoms with Gasteiger partial charge in [-0.3, -0.25) is 4.90 Å². The lowest BCUT2D eigenvalue weighted by Crippen LogP contribution is -2.46. The van der Waals surface area contributed by atoms with Crippen molar-refractivity contribution in [1.29, 1.82) is 0 Å². The van der Waals surface area contributed by atoms with Gasteiger partial charge in [0.15, 0.2) is 0 Å². The van der Waals surface area contributed by atoms with Crippen molar-refractivity contribution in [1.82, 2.24) is 9.80 Å². The second-order valence-electron chi connectivity index (χ2n) is 6.57.